The third-order valence-electron chi connectivity index (χ3n) is 5.45. The molecule has 0 unspecified atom stereocenters. The standard InChI is InChI=1S/C24H25FN2O3/c1-18-2-4-19(5-3-18)16-30-24-17-29-22(14-23(24)28)15-26-10-12-27(13-11-26)21-8-6-20(25)7-9-21/h2-9,14,17H,10-13,15-16H2,1H3/p+1. The molecule has 0 saturated carbocycles. The zero-order valence-electron chi connectivity index (χ0n) is 17.1. The van der Waals surface area contributed by atoms with Gasteiger partial charge in [0.1, 0.15) is 25.2 Å². The van der Waals surface area contributed by atoms with E-state index >= 15 is 0 Å². The van der Waals surface area contributed by atoms with Gasteiger partial charge in [-0.25, -0.2) is 4.39 Å². The summed E-state index contributed by atoms with van der Waals surface area (Å²) in [6.45, 7) is 6.62. The Morgan fingerprint density at radius 3 is 2.43 bits per heavy atom. The van der Waals surface area contributed by atoms with Crippen LogP contribution in [0.2, 0.25) is 0 Å². The smallest absolute Gasteiger partial charge is 0.227 e. The first-order chi connectivity index (χ1) is 14.6. The van der Waals surface area contributed by atoms with Crippen molar-refractivity contribution in [2.75, 3.05) is 31.1 Å². The molecule has 30 heavy (non-hydrogen) atoms. The monoisotopic (exact) mass is 409 g/mol. The molecule has 0 amide bonds. The van der Waals surface area contributed by atoms with E-state index in [2.05, 4.69) is 4.90 Å². The first kappa shape index (κ1) is 20.2. The summed E-state index contributed by atoms with van der Waals surface area (Å²) in [6, 6.07) is 16.1. The van der Waals surface area contributed by atoms with Crippen molar-refractivity contribution in [1.82, 2.24) is 0 Å². The summed E-state index contributed by atoms with van der Waals surface area (Å²) < 4.78 is 24.4. The van der Waals surface area contributed by atoms with Crippen LogP contribution in [0, 0.1) is 12.7 Å². The SMILES string of the molecule is Cc1ccc(COc2coc(C[NH+]3CCN(c4ccc(F)cc4)CC3)cc2=O)cc1. The molecule has 1 N–H and O–H groups in total. The number of aryl methyl sites for hydroxylation is 1. The molecule has 1 aliphatic heterocycles. The molecule has 5 nitrogen and oxygen atoms in total. The van der Waals surface area contributed by atoms with Gasteiger partial charge < -0.3 is 19.0 Å². The van der Waals surface area contributed by atoms with Gasteiger partial charge in [0.2, 0.25) is 11.2 Å². The van der Waals surface area contributed by atoms with Gasteiger partial charge in [0.25, 0.3) is 0 Å². The fourth-order valence-corrected chi connectivity index (χ4v) is 3.64. The van der Waals surface area contributed by atoms with Crippen molar-refractivity contribution in [3.8, 4) is 5.75 Å². The molecular formula is C24H26FN2O3+. The molecule has 1 aliphatic rings. The summed E-state index contributed by atoms with van der Waals surface area (Å²) in [5, 5.41) is 0. The number of nitrogens with one attached hydrogen (secondary N) is 1. The third-order valence-corrected chi connectivity index (χ3v) is 5.45. The number of benzene rings is 2. The van der Waals surface area contributed by atoms with Crippen LogP contribution in [0.15, 0.2) is 70.1 Å². The quantitative estimate of drug-likeness (QED) is 0.680. The van der Waals surface area contributed by atoms with Crippen LogP contribution in [0.4, 0.5) is 10.1 Å². The predicted molar refractivity (Wildman–Crippen MR) is 114 cm³/mol. The molecule has 0 radical (unpaired) electrons. The predicted octanol–water partition coefficient (Wildman–Crippen LogP) is 2.57. The Morgan fingerprint density at radius 2 is 1.77 bits per heavy atom. The second kappa shape index (κ2) is 9.13. The Balaban J connectivity index is 1.30. The second-order valence-electron chi connectivity index (χ2n) is 7.74. The zero-order valence-corrected chi connectivity index (χ0v) is 17.1. The van der Waals surface area contributed by atoms with Gasteiger partial charge in [-0.2, -0.15) is 0 Å². The van der Waals surface area contributed by atoms with E-state index in [1.165, 1.54) is 34.9 Å². The van der Waals surface area contributed by atoms with E-state index in [4.69, 9.17) is 9.15 Å². The summed E-state index contributed by atoms with van der Waals surface area (Å²) in [5.74, 6) is 0.674. The first-order valence-electron chi connectivity index (χ1n) is 10.2. The van der Waals surface area contributed by atoms with Crippen LogP contribution in [0.5, 0.6) is 5.75 Å². The maximum atomic E-state index is 13.1. The van der Waals surface area contributed by atoms with Gasteiger partial charge in [-0.3, -0.25) is 4.79 Å². The largest absolute Gasteiger partial charge is 0.482 e. The Morgan fingerprint density at radius 1 is 1.07 bits per heavy atom. The number of hydrogen-bond acceptors (Lipinski definition) is 4. The van der Waals surface area contributed by atoms with Crippen LogP contribution in [0.3, 0.4) is 0 Å². The van der Waals surface area contributed by atoms with E-state index in [0.717, 1.165) is 37.4 Å². The lowest BCUT2D eigenvalue weighted by atomic mass is 10.2. The van der Waals surface area contributed by atoms with Gasteiger partial charge in [0.05, 0.1) is 26.2 Å². The Hall–Kier alpha value is -3.12. The van der Waals surface area contributed by atoms with Gasteiger partial charge >= 0.3 is 0 Å². The minimum Gasteiger partial charge on any atom is -0.482 e. The summed E-state index contributed by atoms with van der Waals surface area (Å²) >= 11 is 0. The lowest BCUT2D eigenvalue weighted by Gasteiger charge is -2.33. The minimum atomic E-state index is -0.218. The number of ether oxygens (including phenoxy) is 1. The van der Waals surface area contributed by atoms with E-state index < -0.39 is 0 Å². The van der Waals surface area contributed by atoms with Gasteiger partial charge in [-0.1, -0.05) is 29.8 Å². The average Bonchev–Trinajstić information content (AvgIpc) is 2.76. The highest BCUT2D eigenvalue weighted by atomic mass is 19.1. The first-order valence-corrected chi connectivity index (χ1v) is 10.2. The summed E-state index contributed by atoms with van der Waals surface area (Å²) in [5.41, 5.74) is 3.07. The van der Waals surface area contributed by atoms with Crippen LogP contribution < -0.4 is 20.0 Å². The van der Waals surface area contributed by atoms with E-state index in [0.29, 0.717) is 18.9 Å². The number of hydrogen-bond donors (Lipinski definition) is 1. The maximum absolute atomic E-state index is 13.1. The topological polar surface area (TPSA) is 47.1 Å². The van der Waals surface area contributed by atoms with Crippen LogP contribution in [0.25, 0.3) is 0 Å². The molecule has 156 valence electrons. The van der Waals surface area contributed by atoms with Crippen molar-refractivity contribution in [3.05, 3.63) is 93.8 Å². The second-order valence-corrected chi connectivity index (χ2v) is 7.74. The van der Waals surface area contributed by atoms with E-state index in [9.17, 15) is 9.18 Å². The van der Waals surface area contributed by atoms with Crippen molar-refractivity contribution >= 4 is 5.69 Å². The molecule has 1 fully saturated rings. The molecule has 2 aromatic carbocycles. The van der Waals surface area contributed by atoms with Crippen molar-refractivity contribution in [1.29, 1.82) is 0 Å². The van der Waals surface area contributed by atoms with Crippen LogP contribution in [-0.4, -0.2) is 26.2 Å². The molecule has 2 heterocycles. The maximum Gasteiger partial charge on any atom is 0.227 e. The molecule has 0 bridgehead atoms. The van der Waals surface area contributed by atoms with E-state index in [1.54, 1.807) is 0 Å². The highest BCUT2D eigenvalue weighted by Gasteiger charge is 2.21. The Bertz CT molecular complexity index is 1020. The molecule has 1 saturated heterocycles. The van der Waals surface area contributed by atoms with E-state index in [-0.39, 0.29) is 17.0 Å². The van der Waals surface area contributed by atoms with Crippen molar-refractivity contribution in [3.63, 3.8) is 0 Å². The van der Waals surface area contributed by atoms with Crippen molar-refractivity contribution in [2.24, 2.45) is 0 Å². The van der Waals surface area contributed by atoms with Crippen molar-refractivity contribution < 1.29 is 18.4 Å². The lowest BCUT2D eigenvalue weighted by Crippen LogP contribution is -3.13. The fourth-order valence-electron chi connectivity index (χ4n) is 3.64. The lowest BCUT2D eigenvalue weighted by molar-refractivity contribution is -0.915. The van der Waals surface area contributed by atoms with Gasteiger partial charge in [0.15, 0.2) is 5.76 Å². The normalized spacial score (nSPS) is 14.7. The third kappa shape index (κ3) is 5.07. The number of piperazine rings is 1. The van der Waals surface area contributed by atoms with Crippen molar-refractivity contribution in [2.45, 2.75) is 20.1 Å². The van der Waals surface area contributed by atoms with Crippen LogP contribution in [0.1, 0.15) is 16.9 Å². The molecule has 0 atom stereocenters. The minimum absolute atomic E-state index is 0.160. The molecule has 0 spiro atoms. The van der Waals surface area contributed by atoms with Gasteiger partial charge in [0, 0.05) is 11.8 Å². The van der Waals surface area contributed by atoms with E-state index in [1.807, 2.05) is 43.3 Å². The van der Waals surface area contributed by atoms with Crippen LogP contribution in [-0.2, 0) is 13.2 Å². The highest BCUT2D eigenvalue weighted by molar-refractivity contribution is 5.46. The number of anilines is 1. The Kier molecular flexibility index (Phi) is 6.14. The van der Waals surface area contributed by atoms with Gasteiger partial charge in [-0.15, -0.1) is 0 Å². The molecule has 6 heteroatoms. The summed E-state index contributed by atoms with van der Waals surface area (Å²) in [6.07, 6.45) is 1.42. The number of quaternary nitrogens is 1. The number of rotatable bonds is 6. The van der Waals surface area contributed by atoms with Gasteiger partial charge in [-0.05, 0) is 36.8 Å². The molecule has 1 aromatic heterocycles. The number of nitrogens with zero attached hydrogens (tertiary/aromatic N) is 1. The average molecular weight is 409 g/mol. The summed E-state index contributed by atoms with van der Waals surface area (Å²) in [7, 11) is 0. The molecule has 0 aliphatic carbocycles. The molecule has 4 rings (SSSR count). The molecule has 3 aromatic rings. The number of halogens is 1. The zero-order chi connectivity index (χ0) is 20.9. The summed E-state index contributed by atoms with van der Waals surface area (Å²) in [4.78, 5) is 16.0. The highest BCUT2D eigenvalue weighted by Crippen LogP contribution is 2.15. The Labute approximate surface area is 175 Å². The fraction of sp³-hybridized carbons (Fsp3) is 0.292. The molecular weight excluding hydrogens is 383 g/mol. The van der Waals surface area contributed by atoms with Crippen LogP contribution >= 0.6 is 0 Å².